The van der Waals surface area contributed by atoms with E-state index in [-0.39, 0.29) is 5.41 Å². The topological polar surface area (TPSA) is 0 Å². The molecule has 0 heterocycles. The van der Waals surface area contributed by atoms with Crippen LogP contribution in [0.2, 0.25) is 0 Å². The van der Waals surface area contributed by atoms with Crippen LogP contribution in [-0.4, -0.2) is 0 Å². The van der Waals surface area contributed by atoms with Crippen LogP contribution >= 0.6 is 0 Å². The Labute approximate surface area is 286 Å². The van der Waals surface area contributed by atoms with E-state index in [4.69, 9.17) is 0 Å². The first kappa shape index (κ1) is 28.1. The predicted octanol–water partition coefficient (Wildman–Crippen LogP) is 13.6. The lowest BCUT2D eigenvalue weighted by Crippen LogP contribution is -2.16. The Morgan fingerprint density at radius 3 is 1.78 bits per heavy atom. The molecule has 0 radical (unpaired) electrons. The summed E-state index contributed by atoms with van der Waals surface area (Å²) < 4.78 is 0. The van der Waals surface area contributed by atoms with Gasteiger partial charge < -0.3 is 0 Å². The number of hydrogen-bond acceptors (Lipinski definition) is 0. The summed E-state index contributed by atoms with van der Waals surface area (Å²) in [7, 11) is 0. The second-order valence-corrected chi connectivity index (χ2v) is 14.0. The van der Waals surface area contributed by atoms with E-state index in [1.807, 2.05) is 0 Å². The van der Waals surface area contributed by atoms with E-state index in [0.717, 1.165) is 0 Å². The van der Waals surface area contributed by atoms with Gasteiger partial charge in [-0.3, -0.25) is 0 Å². The summed E-state index contributed by atoms with van der Waals surface area (Å²) in [6, 6.07) is 63.1. The van der Waals surface area contributed by atoms with E-state index < -0.39 is 0 Å². The molecule has 9 aromatic rings. The number of benzene rings is 9. The smallest absolute Gasteiger partial charge is 0.0165 e. The highest BCUT2D eigenvalue weighted by Gasteiger charge is 2.38. The molecule has 0 aromatic heterocycles. The molecule has 0 unspecified atom stereocenters. The molecule has 0 saturated heterocycles. The fourth-order valence-corrected chi connectivity index (χ4v) is 8.76. The van der Waals surface area contributed by atoms with Crippen LogP contribution in [0, 0.1) is 0 Å². The molecular formula is C49H34. The van der Waals surface area contributed by atoms with Gasteiger partial charge in [-0.1, -0.05) is 172 Å². The molecule has 1 aliphatic carbocycles. The maximum absolute atomic E-state index is 2.46. The third kappa shape index (κ3) is 4.11. The monoisotopic (exact) mass is 622 g/mol. The number of hydrogen-bond donors (Lipinski definition) is 0. The summed E-state index contributed by atoms with van der Waals surface area (Å²) in [6.07, 6.45) is 0. The van der Waals surface area contributed by atoms with E-state index in [2.05, 4.69) is 184 Å². The molecule has 0 amide bonds. The van der Waals surface area contributed by atoms with Gasteiger partial charge in [0, 0.05) is 5.41 Å². The third-order valence-corrected chi connectivity index (χ3v) is 11.0. The van der Waals surface area contributed by atoms with Crippen LogP contribution in [0.5, 0.6) is 0 Å². The van der Waals surface area contributed by atoms with E-state index in [9.17, 15) is 0 Å². The standard InChI is InChI=1S/C49H34/c1-49(2)44-30-36(35-24-23-31-13-6-7-17-34(31)29-35)25-26-38(44)42-27-28-43-46(39-22-12-18-32-14-8-9-19-37(32)39)41-21-11-10-20-40(41)45(47(43)48(42)49)33-15-4-3-5-16-33/h3-30H,1-2H3. The van der Waals surface area contributed by atoms with E-state index in [1.54, 1.807) is 0 Å². The highest BCUT2D eigenvalue weighted by molar-refractivity contribution is 6.25. The van der Waals surface area contributed by atoms with Crippen molar-refractivity contribution < 1.29 is 0 Å². The van der Waals surface area contributed by atoms with Crippen molar-refractivity contribution in [2.24, 2.45) is 0 Å². The summed E-state index contributed by atoms with van der Waals surface area (Å²) in [6.45, 7) is 4.87. The fraction of sp³-hybridized carbons (Fsp3) is 0.0612. The Hall–Kier alpha value is -5.98. The first-order valence-corrected chi connectivity index (χ1v) is 17.3. The van der Waals surface area contributed by atoms with Gasteiger partial charge in [0.1, 0.15) is 0 Å². The molecule has 0 aliphatic heterocycles. The summed E-state index contributed by atoms with van der Waals surface area (Å²) in [5.74, 6) is 0. The number of fused-ring (bicyclic) bond motifs is 8. The van der Waals surface area contributed by atoms with Crippen LogP contribution in [0.25, 0.3) is 87.6 Å². The van der Waals surface area contributed by atoms with Crippen LogP contribution in [0.1, 0.15) is 25.0 Å². The minimum absolute atomic E-state index is 0.223. The van der Waals surface area contributed by atoms with Crippen LogP contribution in [0.3, 0.4) is 0 Å². The molecule has 0 heteroatoms. The SMILES string of the molecule is CC1(C)c2cc(-c3ccc4ccccc4c3)ccc2-c2ccc3c(-c4cccc5ccccc45)c4ccccc4c(-c4ccccc4)c3c21. The zero-order chi connectivity index (χ0) is 32.7. The molecule has 230 valence electrons. The largest absolute Gasteiger partial charge is 0.0622 e. The Balaban J connectivity index is 1.31. The maximum atomic E-state index is 2.46. The van der Waals surface area contributed by atoms with Gasteiger partial charge in [-0.2, -0.15) is 0 Å². The zero-order valence-corrected chi connectivity index (χ0v) is 27.7. The molecule has 9 aromatic carbocycles. The van der Waals surface area contributed by atoms with Gasteiger partial charge in [-0.25, -0.2) is 0 Å². The van der Waals surface area contributed by atoms with Crippen molar-refractivity contribution in [2.45, 2.75) is 19.3 Å². The van der Waals surface area contributed by atoms with E-state index in [1.165, 1.54) is 98.7 Å². The Morgan fingerprint density at radius 2 is 0.959 bits per heavy atom. The van der Waals surface area contributed by atoms with Crippen molar-refractivity contribution in [3.8, 4) is 44.5 Å². The quantitative estimate of drug-likeness (QED) is 0.172. The average Bonchev–Trinajstić information content (AvgIpc) is 3.39. The molecule has 1 aliphatic rings. The van der Waals surface area contributed by atoms with Crippen molar-refractivity contribution in [1.29, 1.82) is 0 Å². The van der Waals surface area contributed by atoms with E-state index >= 15 is 0 Å². The van der Waals surface area contributed by atoms with E-state index in [0.29, 0.717) is 0 Å². The van der Waals surface area contributed by atoms with Crippen molar-refractivity contribution in [1.82, 2.24) is 0 Å². The van der Waals surface area contributed by atoms with Crippen molar-refractivity contribution in [3.63, 3.8) is 0 Å². The van der Waals surface area contributed by atoms with Crippen molar-refractivity contribution in [2.75, 3.05) is 0 Å². The molecule has 0 nitrogen and oxygen atoms in total. The van der Waals surface area contributed by atoms with Gasteiger partial charge in [0.25, 0.3) is 0 Å². The predicted molar refractivity (Wildman–Crippen MR) is 210 cm³/mol. The average molecular weight is 623 g/mol. The summed E-state index contributed by atoms with van der Waals surface area (Å²) in [4.78, 5) is 0. The molecule has 0 bridgehead atoms. The van der Waals surface area contributed by atoms with Crippen molar-refractivity contribution in [3.05, 3.63) is 181 Å². The Kier molecular flexibility index (Phi) is 6.02. The lowest BCUT2D eigenvalue weighted by Gasteiger charge is -2.27. The van der Waals surface area contributed by atoms with Gasteiger partial charge >= 0.3 is 0 Å². The molecule has 0 N–H and O–H groups in total. The van der Waals surface area contributed by atoms with Crippen LogP contribution in [0.15, 0.2) is 170 Å². The van der Waals surface area contributed by atoms with Gasteiger partial charge in [0.15, 0.2) is 0 Å². The lowest BCUT2D eigenvalue weighted by atomic mass is 9.75. The minimum Gasteiger partial charge on any atom is -0.0622 e. The highest BCUT2D eigenvalue weighted by atomic mass is 14.4. The first-order valence-electron chi connectivity index (χ1n) is 17.3. The molecular weight excluding hydrogens is 589 g/mol. The Bertz CT molecular complexity index is 2780. The summed E-state index contributed by atoms with van der Waals surface area (Å²) in [5, 5.41) is 10.3. The molecule has 0 spiro atoms. The molecule has 49 heavy (non-hydrogen) atoms. The second kappa shape index (κ2) is 10.5. The van der Waals surface area contributed by atoms with Gasteiger partial charge in [0.2, 0.25) is 0 Å². The maximum Gasteiger partial charge on any atom is 0.0165 e. The third-order valence-electron chi connectivity index (χ3n) is 11.0. The van der Waals surface area contributed by atoms with Gasteiger partial charge in [-0.05, 0) is 111 Å². The highest BCUT2D eigenvalue weighted by Crippen LogP contribution is 2.56. The zero-order valence-electron chi connectivity index (χ0n) is 27.7. The molecule has 10 rings (SSSR count). The second-order valence-electron chi connectivity index (χ2n) is 14.0. The number of rotatable bonds is 3. The summed E-state index contributed by atoms with van der Waals surface area (Å²) >= 11 is 0. The lowest BCUT2D eigenvalue weighted by molar-refractivity contribution is 0.666. The minimum atomic E-state index is -0.223. The molecule has 0 atom stereocenters. The van der Waals surface area contributed by atoms with Gasteiger partial charge in [-0.15, -0.1) is 0 Å². The van der Waals surface area contributed by atoms with Crippen molar-refractivity contribution >= 4 is 43.1 Å². The van der Waals surface area contributed by atoms with Crippen LogP contribution in [-0.2, 0) is 5.41 Å². The van der Waals surface area contributed by atoms with Crippen LogP contribution in [0.4, 0.5) is 0 Å². The summed E-state index contributed by atoms with van der Waals surface area (Å²) in [5.41, 5.74) is 13.0. The molecule has 0 fully saturated rings. The van der Waals surface area contributed by atoms with Crippen LogP contribution < -0.4 is 0 Å². The first-order chi connectivity index (χ1) is 24.1. The molecule has 0 saturated carbocycles. The van der Waals surface area contributed by atoms with Gasteiger partial charge in [0.05, 0.1) is 0 Å². The Morgan fingerprint density at radius 1 is 0.347 bits per heavy atom. The normalized spacial score (nSPS) is 13.3. The fourth-order valence-electron chi connectivity index (χ4n) is 8.76.